The number of hydrogen-bond donors (Lipinski definition) is 1. The van der Waals surface area contributed by atoms with Crippen molar-refractivity contribution in [2.45, 2.75) is 57.3 Å². The molecule has 2 aromatic rings. The van der Waals surface area contributed by atoms with Crippen LogP contribution in [0.25, 0.3) is 0 Å². The van der Waals surface area contributed by atoms with Gasteiger partial charge in [0.1, 0.15) is 11.6 Å². The van der Waals surface area contributed by atoms with E-state index in [1.165, 1.54) is 0 Å². The summed E-state index contributed by atoms with van der Waals surface area (Å²) in [5.41, 5.74) is 8.69. The number of nitrogens with two attached hydrogens (primary N) is 1. The number of nitrogens with zero attached hydrogens (tertiary/aromatic N) is 3. The van der Waals surface area contributed by atoms with E-state index >= 15 is 0 Å². The first-order valence-corrected chi connectivity index (χ1v) is 8.88. The van der Waals surface area contributed by atoms with Crippen LogP contribution >= 0.6 is 0 Å². The third kappa shape index (κ3) is 3.10. The molecule has 3 atom stereocenters. The first-order chi connectivity index (χ1) is 12.4. The molecule has 0 radical (unpaired) electrons. The van der Waals surface area contributed by atoms with E-state index in [4.69, 9.17) is 5.73 Å². The summed E-state index contributed by atoms with van der Waals surface area (Å²) in [6, 6.07) is 1.54. The summed E-state index contributed by atoms with van der Waals surface area (Å²) in [7, 11) is 0. The zero-order valence-corrected chi connectivity index (χ0v) is 14.6. The maximum absolute atomic E-state index is 14.1. The van der Waals surface area contributed by atoms with Gasteiger partial charge in [-0.2, -0.15) is 0 Å². The molecule has 0 spiro atoms. The Labute approximate surface area is 150 Å². The molecule has 2 aliphatic rings. The monoisotopic (exact) mass is 362 g/mol. The van der Waals surface area contributed by atoms with E-state index in [1.807, 2.05) is 13.1 Å². The number of benzene rings is 1. The quantitative estimate of drug-likeness (QED) is 0.834. The van der Waals surface area contributed by atoms with Gasteiger partial charge >= 0.3 is 0 Å². The Bertz CT molecular complexity index is 842. The molecule has 1 fully saturated rings. The summed E-state index contributed by atoms with van der Waals surface area (Å²) < 4.78 is 40.8. The normalized spacial score (nSPS) is 26.1. The molecule has 1 aliphatic heterocycles. The van der Waals surface area contributed by atoms with Gasteiger partial charge in [-0.05, 0) is 37.8 Å². The van der Waals surface area contributed by atoms with Crippen LogP contribution in [0.3, 0.4) is 0 Å². The summed E-state index contributed by atoms with van der Waals surface area (Å²) in [6.07, 6.45) is 4.03. The lowest BCUT2D eigenvalue weighted by atomic mass is 9.77. The Morgan fingerprint density at radius 1 is 1.08 bits per heavy atom. The molecule has 0 saturated heterocycles. The number of aromatic nitrogens is 2. The number of rotatable bonds is 2. The number of hydrogen-bond acceptors (Lipinski definition) is 4. The third-order valence-electron chi connectivity index (χ3n) is 5.63. The van der Waals surface area contributed by atoms with Crippen molar-refractivity contribution in [3.63, 3.8) is 0 Å². The van der Waals surface area contributed by atoms with E-state index in [9.17, 15) is 13.2 Å². The number of halogens is 3. The number of aryl methyl sites for hydroxylation is 1. The first kappa shape index (κ1) is 17.4. The zero-order chi connectivity index (χ0) is 18.4. The SMILES string of the molecule is Cc1ncc2c(n1)CN([C@H]1CCC(c3cc(F)c(F)cc3F)[C@@H](N)C1)C2. The van der Waals surface area contributed by atoms with Crippen LogP contribution in [-0.4, -0.2) is 27.0 Å². The second kappa shape index (κ2) is 6.63. The van der Waals surface area contributed by atoms with Gasteiger partial charge in [0.25, 0.3) is 0 Å². The highest BCUT2D eigenvalue weighted by Gasteiger charge is 2.36. The fourth-order valence-electron chi connectivity index (χ4n) is 4.26. The van der Waals surface area contributed by atoms with Crippen LogP contribution in [0.2, 0.25) is 0 Å². The highest BCUT2D eigenvalue weighted by atomic mass is 19.2. The minimum Gasteiger partial charge on any atom is -0.327 e. The van der Waals surface area contributed by atoms with Crippen LogP contribution in [0.1, 0.15) is 47.8 Å². The lowest BCUT2D eigenvalue weighted by Gasteiger charge is -2.38. The zero-order valence-electron chi connectivity index (χ0n) is 14.6. The lowest BCUT2D eigenvalue weighted by molar-refractivity contribution is 0.137. The molecular formula is C19H21F3N4. The summed E-state index contributed by atoms with van der Waals surface area (Å²) >= 11 is 0. The molecule has 138 valence electrons. The summed E-state index contributed by atoms with van der Waals surface area (Å²) in [5.74, 6) is -2.45. The van der Waals surface area contributed by atoms with Gasteiger partial charge in [0.15, 0.2) is 11.6 Å². The van der Waals surface area contributed by atoms with Gasteiger partial charge in [-0.1, -0.05) is 0 Å². The Morgan fingerprint density at radius 3 is 2.62 bits per heavy atom. The van der Waals surface area contributed by atoms with E-state index in [-0.39, 0.29) is 23.6 Å². The maximum Gasteiger partial charge on any atom is 0.161 e. The van der Waals surface area contributed by atoms with Gasteiger partial charge in [0.2, 0.25) is 0 Å². The second-order valence-electron chi connectivity index (χ2n) is 7.32. The van der Waals surface area contributed by atoms with Gasteiger partial charge in [-0.15, -0.1) is 0 Å². The van der Waals surface area contributed by atoms with Crippen LogP contribution in [-0.2, 0) is 13.1 Å². The lowest BCUT2D eigenvalue weighted by Crippen LogP contribution is -2.44. The van der Waals surface area contributed by atoms with Crippen molar-refractivity contribution in [3.05, 3.63) is 58.4 Å². The Morgan fingerprint density at radius 2 is 1.85 bits per heavy atom. The molecule has 1 unspecified atom stereocenters. The highest BCUT2D eigenvalue weighted by Crippen LogP contribution is 2.38. The molecule has 26 heavy (non-hydrogen) atoms. The fourth-order valence-corrected chi connectivity index (χ4v) is 4.26. The van der Waals surface area contributed by atoms with Gasteiger partial charge in [-0.3, -0.25) is 4.90 Å². The van der Waals surface area contributed by atoms with Gasteiger partial charge in [0, 0.05) is 48.9 Å². The van der Waals surface area contributed by atoms with E-state index in [2.05, 4.69) is 14.9 Å². The molecule has 4 rings (SSSR count). The van der Waals surface area contributed by atoms with Crippen LogP contribution in [0.15, 0.2) is 18.3 Å². The largest absolute Gasteiger partial charge is 0.327 e. The smallest absolute Gasteiger partial charge is 0.161 e. The molecule has 2 heterocycles. The molecule has 1 aromatic carbocycles. The van der Waals surface area contributed by atoms with Crippen molar-refractivity contribution in [1.82, 2.24) is 14.9 Å². The first-order valence-electron chi connectivity index (χ1n) is 8.88. The molecule has 4 nitrogen and oxygen atoms in total. The molecule has 0 amide bonds. The molecule has 1 aliphatic carbocycles. The maximum atomic E-state index is 14.1. The summed E-state index contributed by atoms with van der Waals surface area (Å²) in [4.78, 5) is 11.1. The molecular weight excluding hydrogens is 341 g/mol. The van der Waals surface area contributed by atoms with Crippen molar-refractivity contribution < 1.29 is 13.2 Å². The van der Waals surface area contributed by atoms with E-state index in [0.717, 1.165) is 42.7 Å². The molecule has 2 N–H and O–H groups in total. The van der Waals surface area contributed by atoms with Gasteiger partial charge in [0.05, 0.1) is 5.69 Å². The minimum absolute atomic E-state index is 0.182. The van der Waals surface area contributed by atoms with Crippen molar-refractivity contribution in [3.8, 4) is 0 Å². The Balaban J connectivity index is 1.47. The van der Waals surface area contributed by atoms with Crippen LogP contribution < -0.4 is 5.73 Å². The minimum atomic E-state index is -1.17. The van der Waals surface area contributed by atoms with Crippen LogP contribution in [0.5, 0.6) is 0 Å². The topological polar surface area (TPSA) is 55.0 Å². The second-order valence-corrected chi connectivity index (χ2v) is 7.32. The van der Waals surface area contributed by atoms with Crippen LogP contribution in [0, 0.1) is 24.4 Å². The molecule has 1 aromatic heterocycles. The predicted octanol–water partition coefficient (Wildman–Crippen LogP) is 3.18. The highest BCUT2D eigenvalue weighted by molar-refractivity contribution is 5.27. The van der Waals surface area contributed by atoms with Crippen molar-refractivity contribution in [2.24, 2.45) is 5.73 Å². The Hall–Kier alpha value is -1.99. The van der Waals surface area contributed by atoms with E-state index in [1.54, 1.807) is 0 Å². The van der Waals surface area contributed by atoms with E-state index < -0.39 is 17.5 Å². The van der Waals surface area contributed by atoms with E-state index in [0.29, 0.717) is 18.9 Å². The summed E-state index contributed by atoms with van der Waals surface area (Å²) in [6.45, 7) is 3.43. The van der Waals surface area contributed by atoms with Crippen molar-refractivity contribution in [1.29, 1.82) is 0 Å². The third-order valence-corrected chi connectivity index (χ3v) is 5.63. The van der Waals surface area contributed by atoms with Gasteiger partial charge < -0.3 is 5.73 Å². The Kier molecular flexibility index (Phi) is 4.44. The van der Waals surface area contributed by atoms with Crippen molar-refractivity contribution in [2.75, 3.05) is 0 Å². The predicted molar refractivity (Wildman–Crippen MR) is 90.7 cm³/mol. The average Bonchev–Trinajstić information content (AvgIpc) is 3.01. The van der Waals surface area contributed by atoms with Crippen molar-refractivity contribution >= 4 is 0 Å². The summed E-state index contributed by atoms with van der Waals surface area (Å²) in [5, 5.41) is 0. The molecule has 7 heteroatoms. The fraction of sp³-hybridized carbons (Fsp3) is 0.474. The van der Waals surface area contributed by atoms with Crippen LogP contribution in [0.4, 0.5) is 13.2 Å². The average molecular weight is 362 g/mol. The number of fused-ring (bicyclic) bond motifs is 1. The molecule has 0 bridgehead atoms. The van der Waals surface area contributed by atoms with Gasteiger partial charge in [-0.25, -0.2) is 23.1 Å². The molecule has 1 saturated carbocycles. The standard InChI is InChI=1S/C19H21F3N4/c1-10-24-7-11-8-26(9-19(11)25-10)12-2-3-13(18(23)4-12)14-5-16(21)17(22)6-15(14)20/h5-7,12-13,18H,2-4,8-9,23H2,1H3/t12-,13?,18-/m0/s1.